The highest BCUT2D eigenvalue weighted by Gasteiger charge is 2.20. The number of nitrogens with zero attached hydrogens (tertiary/aromatic N) is 2. The number of piperazine rings is 1. The maximum atomic E-state index is 3.47. The van der Waals surface area contributed by atoms with Crippen molar-refractivity contribution in [3.63, 3.8) is 0 Å². The van der Waals surface area contributed by atoms with Gasteiger partial charge in [-0.05, 0) is 50.0 Å². The van der Waals surface area contributed by atoms with Crippen LogP contribution in [0.1, 0.15) is 29.9 Å². The van der Waals surface area contributed by atoms with Crippen LogP contribution in [-0.4, -0.2) is 56.1 Å². The number of nitrogens with one attached hydrogen (secondary N) is 1. The molecule has 3 heteroatoms. The minimum absolute atomic E-state index is 0.764. The van der Waals surface area contributed by atoms with E-state index in [9.17, 15) is 0 Å². The van der Waals surface area contributed by atoms with E-state index in [1.807, 2.05) is 0 Å². The zero-order valence-electron chi connectivity index (χ0n) is 12.6. The van der Waals surface area contributed by atoms with Gasteiger partial charge in [-0.1, -0.05) is 24.3 Å². The molecule has 20 heavy (non-hydrogen) atoms. The lowest BCUT2D eigenvalue weighted by molar-refractivity contribution is 0.147. The second-order valence-corrected chi connectivity index (χ2v) is 6.30. The van der Waals surface area contributed by atoms with Crippen molar-refractivity contribution >= 4 is 0 Å². The molecule has 0 aromatic heterocycles. The highest BCUT2D eigenvalue weighted by atomic mass is 15.2. The van der Waals surface area contributed by atoms with Crippen molar-refractivity contribution in [3.8, 4) is 0 Å². The van der Waals surface area contributed by atoms with Gasteiger partial charge in [0.05, 0.1) is 0 Å². The first kappa shape index (κ1) is 14.1. The summed E-state index contributed by atoms with van der Waals surface area (Å²) in [6.07, 6.45) is 2.58. The Morgan fingerprint density at radius 3 is 2.50 bits per heavy atom. The van der Waals surface area contributed by atoms with Crippen LogP contribution in [0.3, 0.4) is 0 Å². The molecule has 0 bridgehead atoms. The first-order chi connectivity index (χ1) is 9.83. The molecule has 2 saturated heterocycles. The Kier molecular flexibility index (Phi) is 4.71. The summed E-state index contributed by atoms with van der Waals surface area (Å²) in [5.41, 5.74) is 3.16. The summed E-state index contributed by atoms with van der Waals surface area (Å²) < 4.78 is 0. The van der Waals surface area contributed by atoms with Crippen LogP contribution >= 0.6 is 0 Å². The van der Waals surface area contributed by atoms with E-state index < -0.39 is 0 Å². The highest BCUT2D eigenvalue weighted by Crippen LogP contribution is 2.28. The van der Waals surface area contributed by atoms with Gasteiger partial charge >= 0.3 is 0 Å². The van der Waals surface area contributed by atoms with Gasteiger partial charge in [0.2, 0.25) is 0 Å². The molecule has 2 heterocycles. The van der Waals surface area contributed by atoms with Crippen molar-refractivity contribution in [1.29, 1.82) is 0 Å². The summed E-state index contributed by atoms with van der Waals surface area (Å²) in [7, 11) is 2.22. The van der Waals surface area contributed by atoms with E-state index >= 15 is 0 Å². The van der Waals surface area contributed by atoms with Crippen molar-refractivity contribution in [1.82, 2.24) is 15.1 Å². The number of hydrogen-bond acceptors (Lipinski definition) is 3. The second-order valence-electron chi connectivity index (χ2n) is 6.30. The number of rotatable bonds is 3. The standard InChI is InChI=1S/C17H27N3/c1-19-10-12-20(13-11-19)14-16-4-2-3-5-17(16)15-6-8-18-9-7-15/h2-5,15,18H,6-14H2,1H3. The Hall–Kier alpha value is -0.900. The molecule has 0 atom stereocenters. The van der Waals surface area contributed by atoms with Gasteiger partial charge in [-0.2, -0.15) is 0 Å². The molecule has 0 aliphatic carbocycles. The summed E-state index contributed by atoms with van der Waals surface area (Å²) in [4.78, 5) is 5.04. The topological polar surface area (TPSA) is 18.5 Å². The van der Waals surface area contributed by atoms with Crippen LogP contribution in [0.2, 0.25) is 0 Å². The Morgan fingerprint density at radius 1 is 1.05 bits per heavy atom. The Labute approximate surface area is 123 Å². The first-order valence-corrected chi connectivity index (χ1v) is 8.02. The molecule has 0 radical (unpaired) electrons. The maximum Gasteiger partial charge on any atom is 0.0237 e. The SMILES string of the molecule is CN1CCN(Cc2ccccc2C2CCNCC2)CC1. The average molecular weight is 273 g/mol. The molecule has 0 amide bonds. The fourth-order valence-electron chi connectivity index (χ4n) is 3.46. The molecule has 1 N–H and O–H groups in total. The van der Waals surface area contributed by atoms with E-state index in [0.717, 1.165) is 12.5 Å². The molecule has 2 aliphatic rings. The molecule has 0 unspecified atom stereocenters. The molecule has 3 nitrogen and oxygen atoms in total. The van der Waals surface area contributed by atoms with Gasteiger partial charge in [-0.3, -0.25) is 4.90 Å². The van der Waals surface area contributed by atoms with E-state index in [0.29, 0.717) is 0 Å². The van der Waals surface area contributed by atoms with Gasteiger partial charge in [0.25, 0.3) is 0 Å². The summed E-state index contributed by atoms with van der Waals surface area (Å²) >= 11 is 0. The zero-order valence-corrected chi connectivity index (χ0v) is 12.6. The fourth-order valence-corrected chi connectivity index (χ4v) is 3.46. The van der Waals surface area contributed by atoms with Gasteiger partial charge in [-0.15, -0.1) is 0 Å². The van der Waals surface area contributed by atoms with E-state index in [-0.39, 0.29) is 0 Å². The molecule has 110 valence electrons. The van der Waals surface area contributed by atoms with E-state index in [1.54, 1.807) is 11.1 Å². The van der Waals surface area contributed by atoms with Gasteiger partial charge in [-0.25, -0.2) is 0 Å². The fraction of sp³-hybridized carbons (Fsp3) is 0.647. The lowest BCUT2D eigenvalue weighted by Gasteiger charge is -2.33. The number of piperidine rings is 1. The summed E-state index contributed by atoms with van der Waals surface area (Å²) in [5, 5.41) is 3.47. The second kappa shape index (κ2) is 6.70. The van der Waals surface area contributed by atoms with Crippen LogP contribution in [-0.2, 0) is 6.54 Å². The predicted molar refractivity (Wildman–Crippen MR) is 84.1 cm³/mol. The number of likely N-dealkylation sites (N-methyl/N-ethyl adjacent to an activating group) is 1. The molecule has 2 aliphatic heterocycles. The minimum Gasteiger partial charge on any atom is -0.317 e. The molecule has 3 rings (SSSR count). The molecular formula is C17H27N3. The van der Waals surface area contributed by atoms with Crippen molar-refractivity contribution in [3.05, 3.63) is 35.4 Å². The van der Waals surface area contributed by atoms with Crippen LogP contribution in [0.4, 0.5) is 0 Å². The van der Waals surface area contributed by atoms with Crippen LogP contribution in [0.5, 0.6) is 0 Å². The van der Waals surface area contributed by atoms with E-state index in [4.69, 9.17) is 0 Å². The smallest absolute Gasteiger partial charge is 0.0237 e. The highest BCUT2D eigenvalue weighted by molar-refractivity contribution is 5.31. The van der Waals surface area contributed by atoms with Crippen LogP contribution in [0.25, 0.3) is 0 Å². The average Bonchev–Trinajstić information content (AvgIpc) is 2.51. The lowest BCUT2D eigenvalue weighted by atomic mass is 9.87. The Balaban J connectivity index is 1.69. The minimum atomic E-state index is 0.764. The molecule has 2 fully saturated rings. The van der Waals surface area contributed by atoms with Crippen LogP contribution in [0, 0.1) is 0 Å². The summed E-state index contributed by atoms with van der Waals surface area (Å²) in [6, 6.07) is 9.12. The van der Waals surface area contributed by atoms with Crippen molar-refractivity contribution in [2.45, 2.75) is 25.3 Å². The van der Waals surface area contributed by atoms with Crippen molar-refractivity contribution in [2.75, 3.05) is 46.3 Å². The normalized spacial score (nSPS) is 23.1. The third-order valence-electron chi connectivity index (χ3n) is 4.82. The molecule has 0 saturated carbocycles. The molecular weight excluding hydrogens is 246 g/mol. The van der Waals surface area contributed by atoms with Crippen molar-refractivity contribution < 1.29 is 0 Å². The van der Waals surface area contributed by atoms with E-state index in [2.05, 4.69) is 46.4 Å². The third kappa shape index (κ3) is 3.40. The van der Waals surface area contributed by atoms with Gasteiger partial charge in [0, 0.05) is 32.7 Å². The van der Waals surface area contributed by atoms with Crippen molar-refractivity contribution in [2.24, 2.45) is 0 Å². The summed E-state index contributed by atoms with van der Waals surface area (Å²) in [5.74, 6) is 0.764. The quantitative estimate of drug-likeness (QED) is 0.907. The molecule has 1 aromatic carbocycles. The summed E-state index contributed by atoms with van der Waals surface area (Å²) in [6.45, 7) is 8.30. The largest absolute Gasteiger partial charge is 0.317 e. The Bertz CT molecular complexity index is 418. The monoisotopic (exact) mass is 273 g/mol. The Morgan fingerprint density at radius 2 is 1.75 bits per heavy atom. The van der Waals surface area contributed by atoms with Gasteiger partial charge in [0.1, 0.15) is 0 Å². The molecule has 0 spiro atoms. The predicted octanol–water partition coefficient (Wildman–Crippen LogP) is 1.90. The van der Waals surface area contributed by atoms with Crippen LogP contribution in [0.15, 0.2) is 24.3 Å². The number of benzene rings is 1. The first-order valence-electron chi connectivity index (χ1n) is 8.02. The van der Waals surface area contributed by atoms with Gasteiger partial charge < -0.3 is 10.2 Å². The maximum absolute atomic E-state index is 3.47. The molecule has 1 aromatic rings. The van der Waals surface area contributed by atoms with Gasteiger partial charge in [0.15, 0.2) is 0 Å². The third-order valence-corrected chi connectivity index (χ3v) is 4.82. The van der Waals surface area contributed by atoms with E-state index in [1.165, 1.54) is 52.1 Å². The zero-order chi connectivity index (χ0) is 13.8. The lowest BCUT2D eigenvalue weighted by Crippen LogP contribution is -2.44. The number of hydrogen-bond donors (Lipinski definition) is 1. The van der Waals surface area contributed by atoms with Crippen LogP contribution < -0.4 is 5.32 Å².